The fourth-order valence-electron chi connectivity index (χ4n) is 4.25. The number of rotatable bonds is 3. The molecule has 0 radical (unpaired) electrons. The predicted octanol–water partition coefficient (Wildman–Crippen LogP) is 6.44. The van der Waals surface area contributed by atoms with E-state index in [0.29, 0.717) is 10.7 Å². The SMILES string of the molecule is Cc1cc(C)c2nc(N3C(=O)C(=O)/C(=C(/O)c4ccc(F)cc4)C3c3cccc(Br)c3)sc2c1. The molecule has 1 unspecified atom stereocenters. The summed E-state index contributed by atoms with van der Waals surface area (Å²) in [7, 11) is 0. The number of amides is 1. The first-order valence-electron chi connectivity index (χ1n) is 10.4. The average Bonchev–Trinajstić information content (AvgIpc) is 3.33. The third kappa shape index (κ3) is 3.73. The van der Waals surface area contributed by atoms with Crippen LogP contribution in [0, 0.1) is 19.7 Å². The van der Waals surface area contributed by atoms with Crippen molar-refractivity contribution in [2.24, 2.45) is 0 Å². The summed E-state index contributed by atoms with van der Waals surface area (Å²) in [6.45, 7) is 3.94. The zero-order valence-electron chi connectivity index (χ0n) is 18.2. The number of nitrogens with zero attached hydrogens (tertiary/aromatic N) is 2. The van der Waals surface area contributed by atoms with Crippen LogP contribution in [0.3, 0.4) is 0 Å². The van der Waals surface area contributed by atoms with Gasteiger partial charge in [0.1, 0.15) is 11.6 Å². The molecule has 1 amide bonds. The van der Waals surface area contributed by atoms with Crippen molar-refractivity contribution in [2.75, 3.05) is 4.90 Å². The van der Waals surface area contributed by atoms with Crippen LogP contribution in [-0.2, 0) is 9.59 Å². The lowest BCUT2D eigenvalue weighted by molar-refractivity contribution is -0.132. The molecule has 1 aliphatic rings. The van der Waals surface area contributed by atoms with Crippen LogP contribution >= 0.6 is 27.3 Å². The Balaban J connectivity index is 1.75. The minimum Gasteiger partial charge on any atom is -0.507 e. The highest BCUT2D eigenvalue weighted by Gasteiger charge is 2.48. The molecule has 8 heteroatoms. The minimum absolute atomic E-state index is 0.0677. The third-order valence-corrected chi connectivity index (χ3v) is 7.25. The van der Waals surface area contributed by atoms with E-state index in [2.05, 4.69) is 15.9 Å². The van der Waals surface area contributed by atoms with Gasteiger partial charge in [-0.25, -0.2) is 9.37 Å². The number of thiazole rings is 1. The van der Waals surface area contributed by atoms with Gasteiger partial charge in [0.15, 0.2) is 5.13 Å². The van der Waals surface area contributed by atoms with Crippen LogP contribution in [0.15, 0.2) is 70.7 Å². The maximum absolute atomic E-state index is 13.5. The van der Waals surface area contributed by atoms with Gasteiger partial charge in [0.25, 0.3) is 5.78 Å². The highest BCUT2D eigenvalue weighted by Crippen LogP contribution is 2.45. The second-order valence-corrected chi connectivity index (χ2v) is 10.1. The lowest BCUT2D eigenvalue weighted by Gasteiger charge is -2.23. The number of benzene rings is 3. The van der Waals surface area contributed by atoms with Crippen molar-refractivity contribution in [3.05, 3.63) is 98.8 Å². The monoisotopic (exact) mass is 536 g/mol. The number of hydrogen-bond acceptors (Lipinski definition) is 5. The molecule has 170 valence electrons. The zero-order chi connectivity index (χ0) is 24.1. The fraction of sp³-hybridized carbons (Fsp3) is 0.115. The van der Waals surface area contributed by atoms with E-state index in [4.69, 9.17) is 4.98 Å². The van der Waals surface area contributed by atoms with Crippen molar-refractivity contribution in [2.45, 2.75) is 19.9 Å². The Morgan fingerprint density at radius 1 is 1.09 bits per heavy atom. The van der Waals surface area contributed by atoms with Crippen molar-refractivity contribution in [3.63, 3.8) is 0 Å². The van der Waals surface area contributed by atoms with Gasteiger partial charge in [-0.1, -0.05) is 45.5 Å². The summed E-state index contributed by atoms with van der Waals surface area (Å²) in [5, 5.41) is 11.5. The number of hydrogen-bond donors (Lipinski definition) is 1. The van der Waals surface area contributed by atoms with E-state index < -0.39 is 23.5 Å². The molecule has 0 saturated carbocycles. The Bertz CT molecular complexity index is 1510. The Kier molecular flexibility index (Phi) is 5.58. The van der Waals surface area contributed by atoms with E-state index in [9.17, 15) is 19.1 Å². The number of halogens is 2. The summed E-state index contributed by atoms with van der Waals surface area (Å²) in [4.78, 5) is 32.6. The number of ketones is 1. The molecule has 2 heterocycles. The van der Waals surface area contributed by atoms with Crippen LogP contribution in [0.4, 0.5) is 9.52 Å². The molecule has 1 aliphatic heterocycles. The standard InChI is InChI=1S/C26H18BrFN2O3S/c1-13-10-14(2)21-19(11-13)34-26(29-21)30-22(16-4-3-5-17(27)12-16)20(24(32)25(30)33)23(31)15-6-8-18(28)9-7-15/h3-12,22,31H,1-2H3/b23-20+. The van der Waals surface area contributed by atoms with Gasteiger partial charge < -0.3 is 5.11 Å². The summed E-state index contributed by atoms with van der Waals surface area (Å²) in [5.41, 5.74) is 3.61. The van der Waals surface area contributed by atoms with Crippen LogP contribution < -0.4 is 4.90 Å². The first-order chi connectivity index (χ1) is 16.2. The molecule has 5 rings (SSSR count). The lowest BCUT2D eigenvalue weighted by Crippen LogP contribution is -2.29. The Morgan fingerprint density at radius 3 is 2.53 bits per heavy atom. The van der Waals surface area contributed by atoms with Gasteiger partial charge >= 0.3 is 5.91 Å². The maximum atomic E-state index is 13.5. The van der Waals surface area contributed by atoms with Crippen molar-refractivity contribution < 1.29 is 19.1 Å². The molecule has 4 aromatic rings. The Labute approximate surface area is 207 Å². The largest absolute Gasteiger partial charge is 0.507 e. The summed E-state index contributed by atoms with van der Waals surface area (Å²) in [5.74, 6) is -2.43. The van der Waals surface area contributed by atoms with Gasteiger partial charge in [-0.15, -0.1) is 0 Å². The third-order valence-electron chi connectivity index (χ3n) is 5.75. The van der Waals surface area contributed by atoms with Gasteiger partial charge in [0.2, 0.25) is 0 Å². The number of fused-ring (bicyclic) bond motifs is 1. The van der Waals surface area contributed by atoms with E-state index in [0.717, 1.165) is 25.8 Å². The van der Waals surface area contributed by atoms with E-state index in [-0.39, 0.29) is 16.9 Å². The first-order valence-corrected chi connectivity index (χ1v) is 12.1. The van der Waals surface area contributed by atoms with Crippen LogP contribution in [-0.4, -0.2) is 21.8 Å². The van der Waals surface area contributed by atoms with Gasteiger partial charge in [-0.3, -0.25) is 14.5 Å². The maximum Gasteiger partial charge on any atom is 0.301 e. The van der Waals surface area contributed by atoms with Gasteiger partial charge in [0.05, 0.1) is 21.8 Å². The van der Waals surface area contributed by atoms with Crippen molar-refractivity contribution >= 4 is 60.1 Å². The van der Waals surface area contributed by atoms with E-state index in [1.165, 1.54) is 40.5 Å². The smallest absolute Gasteiger partial charge is 0.301 e. The Hall–Kier alpha value is -3.36. The van der Waals surface area contributed by atoms with Crippen LogP contribution in [0.5, 0.6) is 0 Å². The van der Waals surface area contributed by atoms with Crippen LogP contribution in [0.2, 0.25) is 0 Å². The summed E-state index contributed by atoms with van der Waals surface area (Å²) in [6.07, 6.45) is 0. The summed E-state index contributed by atoms with van der Waals surface area (Å²) in [6, 6.07) is 15.5. The number of aromatic nitrogens is 1. The number of carbonyl (C=O) groups excluding carboxylic acids is 2. The average molecular weight is 537 g/mol. The molecule has 34 heavy (non-hydrogen) atoms. The minimum atomic E-state index is -0.899. The molecule has 0 aliphatic carbocycles. The molecule has 1 fully saturated rings. The fourth-order valence-corrected chi connectivity index (χ4v) is 5.83. The van der Waals surface area contributed by atoms with Crippen molar-refractivity contribution in [1.82, 2.24) is 4.98 Å². The zero-order valence-corrected chi connectivity index (χ0v) is 20.6. The molecule has 1 aromatic heterocycles. The first kappa shape index (κ1) is 22.4. The van der Waals surface area contributed by atoms with Gasteiger partial charge in [-0.05, 0) is 73.0 Å². The molecule has 0 bridgehead atoms. The van der Waals surface area contributed by atoms with Crippen molar-refractivity contribution in [1.29, 1.82) is 0 Å². The quantitative estimate of drug-likeness (QED) is 0.186. The van der Waals surface area contributed by atoms with Gasteiger partial charge in [0, 0.05) is 10.0 Å². The Morgan fingerprint density at radius 2 is 1.82 bits per heavy atom. The van der Waals surface area contributed by atoms with Crippen LogP contribution in [0.25, 0.3) is 16.0 Å². The highest BCUT2D eigenvalue weighted by atomic mass is 79.9. The second-order valence-electron chi connectivity index (χ2n) is 8.16. The number of aliphatic hydroxyl groups excluding tert-OH is 1. The summed E-state index contributed by atoms with van der Waals surface area (Å²) < 4.78 is 15.1. The second kappa shape index (κ2) is 8.45. The molecular formula is C26H18BrFN2O3S. The number of Topliss-reactive ketones (excluding diaryl/α,β-unsaturated/α-hetero) is 1. The number of aryl methyl sites for hydroxylation is 2. The normalized spacial score (nSPS) is 17.6. The van der Waals surface area contributed by atoms with Crippen molar-refractivity contribution in [3.8, 4) is 0 Å². The molecular weight excluding hydrogens is 519 g/mol. The van der Waals surface area contributed by atoms with Gasteiger partial charge in [-0.2, -0.15) is 0 Å². The number of aliphatic hydroxyl groups is 1. The topological polar surface area (TPSA) is 70.5 Å². The molecule has 1 N–H and O–H groups in total. The van der Waals surface area contributed by atoms with E-state index in [1.54, 1.807) is 18.2 Å². The molecule has 5 nitrogen and oxygen atoms in total. The van der Waals surface area contributed by atoms with E-state index >= 15 is 0 Å². The summed E-state index contributed by atoms with van der Waals surface area (Å²) >= 11 is 4.77. The molecule has 3 aromatic carbocycles. The van der Waals surface area contributed by atoms with E-state index in [1.807, 2.05) is 32.0 Å². The molecule has 1 saturated heterocycles. The van der Waals surface area contributed by atoms with Crippen LogP contribution in [0.1, 0.15) is 28.3 Å². The lowest BCUT2D eigenvalue weighted by atomic mass is 9.95. The number of carbonyl (C=O) groups is 2. The number of anilines is 1. The molecule has 1 atom stereocenters. The highest BCUT2D eigenvalue weighted by molar-refractivity contribution is 9.10. The predicted molar refractivity (Wildman–Crippen MR) is 134 cm³/mol. The molecule has 0 spiro atoms.